The summed E-state index contributed by atoms with van der Waals surface area (Å²) in [4.78, 5) is 30.0. The summed E-state index contributed by atoms with van der Waals surface area (Å²) < 4.78 is 28.6. The molecule has 42 heavy (non-hydrogen) atoms. The average molecular weight is 589 g/mol. The summed E-state index contributed by atoms with van der Waals surface area (Å²) in [7, 11) is 0.365. The minimum absolute atomic E-state index is 0.0461. The molecular weight excluding hydrogens is 551 g/mol. The first-order valence-corrected chi connectivity index (χ1v) is 15.9. The van der Waals surface area contributed by atoms with E-state index in [1.807, 2.05) is 54.6 Å². The number of morpholine rings is 1. The van der Waals surface area contributed by atoms with Crippen molar-refractivity contribution in [3.05, 3.63) is 140 Å². The fraction of sp³-hybridized carbons (Fsp3) is 0.312. The third-order valence-electron chi connectivity index (χ3n) is 7.88. The lowest BCUT2D eigenvalue weighted by molar-refractivity contribution is -0.148. The van der Waals surface area contributed by atoms with Gasteiger partial charge in [0.25, 0.3) is 13.1 Å². The maximum absolute atomic E-state index is 13.1. The van der Waals surface area contributed by atoms with Crippen molar-refractivity contribution in [2.24, 2.45) is 0 Å². The van der Waals surface area contributed by atoms with Crippen molar-refractivity contribution in [1.82, 2.24) is 19.1 Å². The Morgan fingerprint density at radius 1 is 0.905 bits per heavy atom. The first-order chi connectivity index (χ1) is 20.1. The molecule has 1 aliphatic heterocycles. The van der Waals surface area contributed by atoms with E-state index in [2.05, 4.69) is 46.3 Å². The van der Waals surface area contributed by atoms with Gasteiger partial charge in [-0.3, -0.25) is 23.8 Å². The maximum Gasteiger partial charge on any atom is 0.330 e. The number of nitrogens with one attached hydrogen (secondary N) is 1. The Morgan fingerprint density at radius 3 is 1.88 bits per heavy atom. The Hall–Kier alpha value is -3.59. The van der Waals surface area contributed by atoms with Crippen molar-refractivity contribution in [2.75, 3.05) is 40.5 Å². The number of H-pyrrole nitrogens is 1. The fourth-order valence-electron chi connectivity index (χ4n) is 5.56. The van der Waals surface area contributed by atoms with Crippen LogP contribution in [0.3, 0.4) is 0 Å². The predicted octanol–water partition coefficient (Wildman–Crippen LogP) is 4.44. The molecule has 9 nitrogen and oxygen atoms in total. The van der Waals surface area contributed by atoms with Crippen LogP contribution < -0.4 is 11.2 Å². The van der Waals surface area contributed by atoms with Gasteiger partial charge in [-0.2, -0.15) is 0 Å². The molecule has 5 rings (SSSR count). The number of aromatic nitrogens is 2. The summed E-state index contributed by atoms with van der Waals surface area (Å²) in [5, 5.41) is 0. The minimum Gasteiger partial charge on any atom is -0.350 e. The zero-order chi connectivity index (χ0) is 29.9. The molecule has 0 aliphatic carbocycles. The van der Waals surface area contributed by atoms with E-state index in [9.17, 15) is 14.2 Å². The van der Waals surface area contributed by atoms with E-state index in [4.69, 9.17) is 9.26 Å². The van der Waals surface area contributed by atoms with E-state index >= 15 is 0 Å². The van der Waals surface area contributed by atoms with Crippen molar-refractivity contribution in [1.29, 1.82) is 0 Å². The van der Waals surface area contributed by atoms with Gasteiger partial charge in [-0.1, -0.05) is 91.0 Å². The summed E-state index contributed by atoms with van der Waals surface area (Å²) in [6.07, 6.45) is 0.223. The van der Waals surface area contributed by atoms with Gasteiger partial charge < -0.3 is 9.26 Å². The van der Waals surface area contributed by atoms with Gasteiger partial charge in [-0.25, -0.2) is 9.46 Å². The maximum atomic E-state index is 13.1. The minimum atomic E-state index is -3.06. The molecule has 10 heteroatoms. The summed E-state index contributed by atoms with van der Waals surface area (Å²) in [5.41, 5.74) is 1.76. The molecule has 0 amide bonds. The van der Waals surface area contributed by atoms with Gasteiger partial charge >= 0.3 is 5.69 Å². The van der Waals surface area contributed by atoms with Gasteiger partial charge in [-0.15, -0.1) is 0 Å². The molecule has 1 saturated heterocycles. The van der Waals surface area contributed by atoms with Crippen LogP contribution in [0.4, 0.5) is 0 Å². The van der Waals surface area contributed by atoms with Crippen molar-refractivity contribution >= 4 is 7.52 Å². The summed E-state index contributed by atoms with van der Waals surface area (Å²) in [6, 6.07) is 30.8. The monoisotopic (exact) mass is 588 g/mol. The van der Waals surface area contributed by atoms with Crippen LogP contribution >= 0.6 is 7.52 Å². The van der Waals surface area contributed by atoms with Crippen LogP contribution in [0.1, 0.15) is 28.5 Å². The smallest absolute Gasteiger partial charge is 0.330 e. The topological polar surface area (TPSA) is 96.9 Å². The van der Waals surface area contributed by atoms with Crippen molar-refractivity contribution in [3.63, 3.8) is 0 Å². The number of benzene rings is 3. The Labute approximate surface area is 245 Å². The highest BCUT2D eigenvalue weighted by molar-refractivity contribution is 7.55. The molecule has 3 aromatic carbocycles. The zero-order valence-electron chi connectivity index (χ0n) is 24.3. The molecular formula is C32H37N4O5P. The van der Waals surface area contributed by atoms with Crippen molar-refractivity contribution < 1.29 is 13.8 Å². The van der Waals surface area contributed by atoms with Gasteiger partial charge in [0.1, 0.15) is 0 Å². The molecule has 220 valence electrons. The third-order valence-corrected chi connectivity index (χ3v) is 9.96. The fourth-order valence-corrected chi connectivity index (χ4v) is 6.23. The van der Waals surface area contributed by atoms with Gasteiger partial charge in [0.15, 0.2) is 6.23 Å². The first kappa shape index (κ1) is 29.9. The summed E-state index contributed by atoms with van der Waals surface area (Å²) in [6.45, 7) is 4.01. The number of hydrogen-bond acceptors (Lipinski definition) is 6. The highest BCUT2D eigenvalue weighted by Crippen LogP contribution is 2.47. The molecule has 1 aromatic heterocycles. The molecule has 0 spiro atoms. The number of hydrogen-bond donors (Lipinski definition) is 1. The van der Waals surface area contributed by atoms with Crippen LogP contribution in [0.25, 0.3) is 0 Å². The molecule has 1 aliphatic rings. The van der Waals surface area contributed by atoms with Crippen LogP contribution in [0, 0.1) is 6.92 Å². The lowest BCUT2D eigenvalue weighted by Crippen LogP contribution is -2.58. The van der Waals surface area contributed by atoms with Crippen LogP contribution in [-0.2, 0) is 19.4 Å². The molecule has 3 unspecified atom stereocenters. The normalized spacial score (nSPS) is 19.5. The Balaban J connectivity index is 1.70. The van der Waals surface area contributed by atoms with Crippen LogP contribution in [0.15, 0.2) is 107 Å². The number of aryl methyl sites for hydroxylation is 1. The Morgan fingerprint density at radius 2 is 1.40 bits per heavy atom. The quantitative estimate of drug-likeness (QED) is 0.228. The molecule has 0 bridgehead atoms. The van der Waals surface area contributed by atoms with Crippen LogP contribution in [-0.4, -0.2) is 65.7 Å². The predicted molar refractivity (Wildman–Crippen MR) is 164 cm³/mol. The highest BCUT2D eigenvalue weighted by Gasteiger charge is 2.46. The molecule has 3 atom stereocenters. The number of rotatable bonds is 9. The number of ether oxygens (including phenoxy) is 1. The SMILES string of the molecule is Cc1cn(C2CN(C(c3ccccc3)(c3ccccc3)c3ccccc3)CC(COP(C)(=O)N(C)C)O2)c(=O)[nH]c1=O. The largest absolute Gasteiger partial charge is 0.350 e. The van der Waals surface area contributed by atoms with E-state index in [-0.39, 0.29) is 6.61 Å². The first-order valence-electron chi connectivity index (χ1n) is 13.9. The van der Waals surface area contributed by atoms with Gasteiger partial charge in [-0.05, 0) is 37.7 Å². The molecule has 4 aromatic rings. The van der Waals surface area contributed by atoms with Crippen LogP contribution in [0.2, 0.25) is 0 Å². The standard InChI is InChI=1S/C32H37N4O5P/c1-24-20-36(31(38)33-30(24)37)29-22-35(21-28(41-29)23-40-42(4,39)34(2)3)32(25-14-8-5-9-15-25,26-16-10-6-11-17-26)27-18-12-7-13-19-27/h5-20,28-29H,21-23H2,1-4H3,(H,33,37,38). The van der Waals surface area contributed by atoms with Crippen molar-refractivity contribution in [2.45, 2.75) is 24.8 Å². The molecule has 0 saturated carbocycles. The van der Waals surface area contributed by atoms with E-state index in [0.29, 0.717) is 18.7 Å². The second kappa shape index (κ2) is 12.3. The lowest BCUT2D eigenvalue weighted by atomic mass is 9.75. The van der Waals surface area contributed by atoms with Crippen molar-refractivity contribution in [3.8, 4) is 0 Å². The Kier molecular flexibility index (Phi) is 8.78. The van der Waals surface area contributed by atoms with Gasteiger partial charge in [0, 0.05) is 31.5 Å². The van der Waals surface area contributed by atoms with Crippen LogP contribution in [0.5, 0.6) is 0 Å². The Bertz CT molecular complexity index is 1560. The second-order valence-corrected chi connectivity index (χ2v) is 13.5. The van der Waals surface area contributed by atoms with Gasteiger partial charge in [0.05, 0.1) is 18.2 Å². The summed E-state index contributed by atoms with van der Waals surface area (Å²) in [5.74, 6) is 0. The molecule has 0 radical (unpaired) electrons. The molecule has 1 N–H and O–H groups in total. The molecule has 2 heterocycles. The number of aromatic amines is 1. The summed E-state index contributed by atoms with van der Waals surface area (Å²) >= 11 is 0. The van der Waals surface area contributed by atoms with E-state index < -0.39 is 36.6 Å². The van der Waals surface area contributed by atoms with E-state index in [1.54, 1.807) is 32.4 Å². The number of nitrogens with zero attached hydrogens (tertiary/aromatic N) is 3. The van der Waals surface area contributed by atoms with Gasteiger partial charge in [0.2, 0.25) is 0 Å². The zero-order valence-corrected chi connectivity index (χ0v) is 25.2. The average Bonchev–Trinajstić information content (AvgIpc) is 3.00. The van der Waals surface area contributed by atoms with E-state index in [0.717, 1.165) is 16.7 Å². The lowest BCUT2D eigenvalue weighted by Gasteiger charge is -2.50. The highest BCUT2D eigenvalue weighted by atomic mass is 31.2. The molecule has 1 fully saturated rings. The third kappa shape index (κ3) is 5.84. The van der Waals surface area contributed by atoms with E-state index in [1.165, 1.54) is 10.8 Å². The second-order valence-electron chi connectivity index (χ2n) is 10.9.